The smallest absolute Gasteiger partial charge is 0.132 e. The summed E-state index contributed by atoms with van der Waals surface area (Å²) in [5.74, 6) is 1.54. The van der Waals surface area contributed by atoms with Crippen molar-refractivity contribution < 1.29 is 0 Å². The Balaban J connectivity index is 2.19. The Morgan fingerprint density at radius 3 is 2.71 bits per heavy atom. The number of hydrogen-bond acceptors (Lipinski definition) is 4. The highest BCUT2D eigenvalue weighted by Gasteiger charge is 2.25. The minimum atomic E-state index is 0.458. The molecule has 1 fully saturated rings. The van der Waals surface area contributed by atoms with Crippen LogP contribution in [0.25, 0.3) is 0 Å². The molecule has 1 N–H and O–H groups in total. The van der Waals surface area contributed by atoms with Crippen LogP contribution >= 0.6 is 0 Å². The van der Waals surface area contributed by atoms with Gasteiger partial charge in [0.1, 0.15) is 12.1 Å². The molecule has 1 aromatic heterocycles. The average molecular weight is 234 g/mol. The highest BCUT2D eigenvalue weighted by molar-refractivity contribution is 5.41. The molecule has 2 heterocycles. The van der Waals surface area contributed by atoms with Crippen LogP contribution in [-0.4, -0.2) is 35.6 Å². The Labute approximate surface area is 103 Å². The van der Waals surface area contributed by atoms with Crippen molar-refractivity contribution in [3.63, 3.8) is 0 Å². The van der Waals surface area contributed by atoms with Gasteiger partial charge in [-0.1, -0.05) is 20.8 Å². The summed E-state index contributed by atoms with van der Waals surface area (Å²) in [4.78, 5) is 11.2. The van der Waals surface area contributed by atoms with Gasteiger partial charge < -0.3 is 10.2 Å². The third kappa shape index (κ3) is 2.75. The van der Waals surface area contributed by atoms with E-state index in [1.807, 2.05) is 0 Å². The molecule has 2 rings (SSSR count). The highest BCUT2D eigenvalue weighted by Crippen LogP contribution is 2.20. The molecule has 94 valence electrons. The van der Waals surface area contributed by atoms with Crippen molar-refractivity contribution >= 4 is 5.82 Å². The van der Waals surface area contributed by atoms with E-state index in [2.05, 4.69) is 47.0 Å². The normalized spacial score (nSPS) is 16.0. The number of rotatable bonds is 5. The third-order valence-electron chi connectivity index (χ3n) is 3.22. The molecule has 4 heteroatoms. The van der Waals surface area contributed by atoms with Crippen LogP contribution in [0.5, 0.6) is 0 Å². The van der Waals surface area contributed by atoms with E-state index in [9.17, 15) is 0 Å². The summed E-state index contributed by atoms with van der Waals surface area (Å²) < 4.78 is 0. The molecule has 1 aliphatic heterocycles. The summed E-state index contributed by atoms with van der Waals surface area (Å²) in [7, 11) is 0. The quantitative estimate of drug-likeness (QED) is 0.843. The van der Waals surface area contributed by atoms with Gasteiger partial charge in [0.15, 0.2) is 0 Å². The molecule has 0 amide bonds. The molecular formula is C13H22N4. The van der Waals surface area contributed by atoms with Crippen molar-refractivity contribution in [2.24, 2.45) is 0 Å². The van der Waals surface area contributed by atoms with Gasteiger partial charge in [-0.05, 0) is 12.3 Å². The van der Waals surface area contributed by atoms with Crippen molar-refractivity contribution in [3.05, 3.63) is 18.1 Å². The fraction of sp³-hybridized carbons (Fsp3) is 0.692. The summed E-state index contributed by atoms with van der Waals surface area (Å²) >= 11 is 0. The topological polar surface area (TPSA) is 41.1 Å². The van der Waals surface area contributed by atoms with Crippen molar-refractivity contribution in [1.29, 1.82) is 0 Å². The van der Waals surface area contributed by atoms with Gasteiger partial charge in [-0.3, -0.25) is 0 Å². The van der Waals surface area contributed by atoms with Gasteiger partial charge in [-0.25, -0.2) is 9.97 Å². The maximum absolute atomic E-state index is 4.43. The van der Waals surface area contributed by atoms with E-state index in [0.717, 1.165) is 37.6 Å². The molecule has 0 unspecified atom stereocenters. The molecule has 0 atom stereocenters. The molecule has 0 bridgehead atoms. The standard InChI is InChI=1S/C13H22N4/c1-4-5-17(11-7-14-8-11)13-6-12(10(2)3)15-9-16-13/h6,9-11,14H,4-5,7-8H2,1-3H3. The Bertz CT molecular complexity index is 360. The van der Waals surface area contributed by atoms with Crippen LogP contribution in [0.15, 0.2) is 12.4 Å². The predicted molar refractivity (Wildman–Crippen MR) is 70.4 cm³/mol. The van der Waals surface area contributed by atoms with Crippen LogP contribution in [-0.2, 0) is 0 Å². The minimum absolute atomic E-state index is 0.458. The second kappa shape index (κ2) is 5.45. The van der Waals surface area contributed by atoms with Crippen molar-refractivity contribution in [2.45, 2.75) is 39.2 Å². The fourth-order valence-corrected chi connectivity index (χ4v) is 2.05. The lowest BCUT2D eigenvalue weighted by atomic mass is 10.1. The lowest BCUT2D eigenvalue weighted by Crippen LogP contribution is -2.57. The van der Waals surface area contributed by atoms with Crippen LogP contribution in [0.4, 0.5) is 5.82 Å². The average Bonchev–Trinajstić information content (AvgIpc) is 2.26. The summed E-state index contributed by atoms with van der Waals surface area (Å²) in [5, 5.41) is 3.32. The van der Waals surface area contributed by atoms with Gasteiger partial charge in [0.25, 0.3) is 0 Å². The van der Waals surface area contributed by atoms with E-state index in [1.165, 1.54) is 0 Å². The second-order valence-corrected chi connectivity index (χ2v) is 4.96. The first-order chi connectivity index (χ1) is 8.22. The Kier molecular flexibility index (Phi) is 3.94. The Hall–Kier alpha value is -1.16. The van der Waals surface area contributed by atoms with E-state index in [1.54, 1.807) is 6.33 Å². The molecular weight excluding hydrogens is 212 g/mol. The molecule has 4 nitrogen and oxygen atoms in total. The number of nitrogens with zero attached hydrogens (tertiary/aromatic N) is 3. The number of aromatic nitrogens is 2. The molecule has 0 radical (unpaired) electrons. The zero-order valence-corrected chi connectivity index (χ0v) is 11.0. The molecule has 0 aliphatic carbocycles. The van der Waals surface area contributed by atoms with E-state index in [0.29, 0.717) is 12.0 Å². The van der Waals surface area contributed by atoms with E-state index >= 15 is 0 Å². The maximum Gasteiger partial charge on any atom is 0.132 e. The largest absolute Gasteiger partial charge is 0.351 e. The van der Waals surface area contributed by atoms with Crippen LogP contribution in [0.2, 0.25) is 0 Å². The van der Waals surface area contributed by atoms with E-state index < -0.39 is 0 Å². The Morgan fingerprint density at radius 2 is 2.18 bits per heavy atom. The van der Waals surface area contributed by atoms with Gasteiger partial charge in [0.2, 0.25) is 0 Å². The third-order valence-corrected chi connectivity index (χ3v) is 3.22. The van der Waals surface area contributed by atoms with Crippen molar-refractivity contribution in [3.8, 4) is 0 Å². The lowest BCUT2D eigenvalue weighted by Gasteiger charge is -2.39. The predicted octanol–water partition coefficient (Wildman–Crippen LogP) is 1.79. The molecule has 0 aromatic carbocycles. The molecule has 1 aliphatic rings. The molecule has 1 aromatic rings. The highest BCUT2D eigenvalue weighted by atomic mass is 15.3. The van der Waals surface area contributed by atoms with Gasteiger partial charge in [-0.15, -0.1) is 0 Å². The van der Waals surface area contributed by atoms with Gasteiger partial charge in [-0.2, -0.15) is 0 Å². The summed E-state index contributed by atoms with van der Waals surface area (Å²) in [6.07, 6.45) is 2.84. The molecule has 17 heavy (non-hydrogen) atoms. The maximum atomic E-state index is 4.43. The van der Waals surface area contributed by atoms with E-state index in [-0.39, 0.29) is 0 Å². The first kappa shape index (κ1) is 12.3. The Morgan fingerprint density at radius 1 is 1.41 bits per heavy atom. The monoisotopic (exact) mass is 234 g/mol. The minimum Gasteiger partial charge on any atom is -0.351 e. The second-order valence-electron chi connectivity index (χ2n) is 4.96. The van der Waals surface area contributed by atoms with Gasteiger partial charge in [0.05, 0.1) is 6.04 Å². The van der Waals surface area contributed by atoms with Crippen LogP contribution in [0.1, 0.15) is 38.8 Å². The summed E-state index contributed by atoms with van der Waals surface area (Å²) in [6.45, 7) is 9.76. The number of anilines is 1. The van der Waals surface area contributed by atoms with Crippen LogP contribution in [0.3, 0.4) is 0 Å². The molecule has 0 saturated carbocycles. The number of hydrogen-bond donors (Lipinski definition) is 1. The van der Waals surface area contributed by atoms with Crippen LogP contribution in [0, 0.1) is 0 Å². The zero-order chi connectivity index (χ0) is 12.3. The number of nitrogens with one attached hydrogen (secondary N) is 1. The summed E-state index contributed by atoms with van der Waals surface area (Å²) in [5.41, 5.74) is 1.13. The fourth-order valence-electron chi connectivity index (χ4n) is 2.05. The molecule has 0 spiro atoms. The van der Waals surface area contributed by atoms with E-state index in [4.69, 9.17) is 0 Å². The van der Waals surface area contributed by atoms with Gasteiger partial charge in [0, 0.05) is 31.4 Å². The first-order valence-corrected chi connectivity index (χ1v) is 6.51. The molecule has 1 saturated heterocycles. The first-order valence-electron chi connectivity index (χ1n) is 6.51. The van der Waals surface area contributed by atoms with Crippen LogP contribution < -0.4 is 10.2 Å². The van der Waals surface area contributed by atoms with Crippen molar-refractivity contribution in [1.82, 2.24) is 15.3 Å². The lowest BCUT2D eigenvalue weighted by molar-refractivity contribution is 0.410. The summed E-state index contributed by atoms with van der Waals surface area (Å²) in [6, 6.07) is 2.74. The zero-order valence-electron chi connectivity index (χ0n) is 11.0. The SMILES string of the molecule is CCCN(c1cc(C(C)C)ncn1)C1CNC1. The van der Waals surface area contributed by atoms with Gasteiger partial charge >= 0.3 is 0 Å². The van der Waals surface area contributed by atoms with Crippen molar-refractivity contribution in [2.75, 3.05) is 24.5 Å².